The molecule has 8 atom stereocenters. The summed E-state index contributed by atoms with van der Waals surface area (Å²) in [4.78, 5) is 61.5. The predicted molar refractivity (Wildman–Crippen MR) is 174 cm³/mol. The van der Waals surface area contributed by atoms with Crippen molar-refractivity contribution < 1.29 is 61.2 Å². The van der Waals surface area contributed by atoms with E-state index in [1.807, 2.05) is 18.7 Å². The molecule has 1 N–H and O–H groups in total. The second-order valence-electron chi connectivity index (χ2n) is 15.0. The lowest BCUT2D eigenvalue weighted by molar-refractivity contribution is -0.576. The largest absolute Gasteiger partial charge is 0.466 e. The average Bonchev–Trinajstić information content (AvgIpc) is 3.32. The molecule has 7 rings (SSSR count). The van der Waals surface area contributed by atoms with E-state index in [-0.39, 0.29) is 55.4 Å². The molecule has 3 unspecified atom stereocenters. The van der Waals surface area contributed by atoms with Gasteiger partial charge in [-0.2, -0.15) is 13.2 Å². The van der Waals surface area contributed by atoms with E-state index in [1.165, 1.54) is 0 Å². The number of esters is 2. The first-order chi connectivity index (χ1) is 24.6. The minimum absolute atomic E-state index is 0.000482. The maximum atomic E-state index is 13.3. The normalized spacial score (nSPS) is 33.4. The average molecular weight is 742 g/mol. The third-order valence-corrected chi connectivity index (χ3v) is 11.5. The number of nitrogens with one attached hydrogen (secondary N) is 1. The number of hydrogen-bond acceptors (Lipinski definition) is 12. The number of nitro benzene ring substituents is 1. The van der Waals surface area contributed by atoms with Crippen molar-refractivity contribution in [3.63, 3.8) is 0 Å². The summed E-state index contributed by atoms with van der Waals surface area (Å²) in [6.45, 7) is 7.25. The van der Waals surface area contributed by atoms with Gasteiger partial charge in [0.05, 0.1) is 30.9 Å². The number of halogens is 3. The molecule has 1 aromatic carbocycles. The minimum atomic E-state index is -4.95. The van der Waals surface area contributed by atoms with Crippen LogP contribution in [-0.4, -0.2) is 77.9 Å². The number of ether oxygens (including phenoxy) is 4. The van der Waals surface area contributed by atoms with Crippen LogP contribution in [0.15, 0.2) is 18.2 Å². The SMILES string of the molecule is C[C@H]1[C@H](OC(=O)CCC(=O)OCCC2CCN(CC(=O)Nc3ccc([N+](=O)[O-])c(C(F)(F)F)c3)CC2)O[C@@H]2OC3(C)CCC4[C@H](C)CC[C@@H]1C42OO3. The van der Waals surface area contributed by atoms with E-state index in [1.54, 1.807) is 0 Å². The highest BCUT2D eigenvalue weighted by Crippen LogP contribution is 2.60. The van der Waals surface area contributed by atoms with Crippen molar-refractivity contribution in [1.82, 2.24) is 4.90 Å². The van der Waals surface area contributed by atoms with E-state index >= 15 is 0 Å². The molecule has 5 aliphatic heterocycles. The van der Waals surface area contributed by atoms with Crippen LogP contribution in [0.5, 0.6) is 0 Å². The molecule has 1 aromatic rings. The zero-order valence-corrected chi connectivity index (χ0v) is 29.5. The number of carbonyl (C=O) groups is 3. The van der Waals surface area contributed by atoms with Crippen molar-refractivity contribution in [2.45, 2.75) is 109 Å². The van der Waals surface area contributed by atoms with Crippen LogP contribution in [0.4, 0.5) is 24.5 Å². The molecule has 6 aliphatic rings. The Balaban J connectivity index is 0.885. The predicted octanol–water partition coefficient (Wildman–Crippen LogP) is 5.73. The standard InChI is InChI=1S/C35H46F3N3O11/c1-20-4-6-25-21(2)31(49-32-34(25)24(20)10-14-33(3,50-32)51-52-34)48-30(44)9-8-29(43)47-17-13-22-11-15-40(16-12-22)19-28(42)39-23-5-7-27(41(45)46)26(18-23)35(36,37)38/h5,7,18,20-22,24-25,31-32H,4,6,8-17,19H2,1-3H3,(H,39,42)/t20-,21-,24?,25+,31-,32-,33?,34?/m1/s1. The van der Waals surface area contributed by atoms with E-state index in [0.717, 1.165) is 44.2 Å². The summed E-state index contributed by atoms with van der Waals surface area (Å²) < 4.78 is 63.5. The molecule has 6 fully saturated rings. The Labute approximate surface area is 299 Å². The minimum Gasteiger partial charge on any atom is -0.466 e. The Morgan fingerprint density at radius 1 is 1.04 bits per heavy atom. The maximum Gasteiger partial charge on any atom is 0.423 e. The van der Waals surface area contributed by atoms with Crippen LogP contribution in [0.3, 0.4) is 0 Å². The smallest absolute Gasteiger partial charge is 0.423 e. The summed E-state index contributed by atoms with van der Waals surface area (Å²) >= 11 is 0. The van der Waals surface area contributed by atoms with E-state index < -0.39 is 64.2 Å². The van der Waals surface area contributed by atoms with E-state index in [0.29, 0.717) is 37.9 Å². The third kappa shape index (κ3) is 8.07. The monoisotopic (exact) mass is 741 g/mol. The summed E-state index contributed by atoms with van der Waals surface area (Å²) in [5.74, 6) is -1.94. The van der Waals surface area contributed by atoms with Gasteiger partial charge in [0, 0.05) is 30.0 Å². The first-order valence-electron chi connectivity index (χ1n) is 18.0. The molecule has 52 heavy (non-hydrogen) atoms. The Kier molecular flexibility index (Phi) is 11.2. The summed E-state index contributed by atoms with van der Waals surface area (Å²) in [7, 11) is 0. The van der Waals surface area contributed by atoms with Crippen LogP contribution in [0.2, 0.25) is 0 Å². The highest BCUT2D eigenvalue weighted by molar-refractivity contribution is 5.92. The molecular formula is C35H46F3N3O11. The van der Waals surface area contributed by atoms with E-state index in [4.69, 9.17) is 28.7 Å². The van der Waals surface area contributed by atoms with Crippen LogP contribution >= 0.6 is 0 Å². The van der Waals surface area contributed by atoms with Crippen molar-refractivity contribution in [2.24, 2.45) is 29.6 Å². The molecule has 5 heterocycles. The molecular weight excluding hydrogens is 695 g/mol. The lowest BCUT2D eigenvalue weighted by atomic mass is 9.58. The molecule has 17 heteroatoms. The second-order valence-corrected chi connectivity index (χ2v) is 15.0. The molecule has 0 radical (unpaired) electrons. The number of rotatable bonds is 11. The number of benzene rings is 1. The number of nitrogens with zero attached hydrogens (tertiary/aromatic N) is 2. The fourth-order valence-corrected chi connectivity index (χ4v) is 8.65. The Hall–Kier alpha value is -3.38. The number of amides is 1. The van der Waals surface area contributed by atoms with E-state index in [9.17, 15) is 37.7 Å². The fourth-order valence-electron chi connectivity index (χ4n) is 8.65. The van der Waals surface area contributed by atoms with Gasteiger partial charge in [-0.3, -0.25) is 29.4 Å². The number of fused-ring (bicyclic) bond motifs is 2. The van der Waals surface area contributed by atoms with Gasteiger partial charge in [-0.25, -0.2) is 9.78 Å². The Bertz CT molecular complexity index is 1520. The summed E-state index contributed by atoms with van der Waals surface area (Å²) in [5.41, 5.74) is -3.48. The zero-order valence-electron chi connectivity index (χ0n) is 29.5. The molecule has 288 valence electrons. The number of nitro groups is 1. The Morgan fingerprint density at radius 3 is 2.48 bits per heavy atom. The van der Waals surface area contributed by atoms with Gasteiger partial charge in [-0.05, 0) is 88.4 Å². The fraction of sp³-hybridized carbons (Fsp3) is 0.743. The number of likely N-dealkylation sites (tertiary alicyclic amines) is 1. The quantitative estimate of drug-likeness (QED) is 0.127. The van der Waals surface area contributed by atoms with Gasteiger partial charge in [0.15, 0.2) is 11.9 Å². The zero-order chi connectivity index (χ0) is 37.4. The summed E-state index contributed by atoms with van der Waals surface area (Å²) in [5, 5.41) is 13.4. The molecule has 1 saturated carbocycles. The van der Waals surface area contributed by atoms with Gasteiger partial charge in [-0.1, -0.05) is 13.8 Å². The van der Waals surface area contributed by atoms with Crippen molar-refractivity contribution in [3.8, 4) is 0 Å². The van der Waals surface area contributed by atoms with Crippen molar-refractivity contribution in [2.75, 3.05) is 31.6 Å². The van der Waals surface area contributed by atoms with Crippen LogP contribution in [0.25, 0.3) is 0 Å². The molecule has 0 aromatic heterocycles. The third-order valence-electron chi connectivity index (χ3n) is 11.5. The lowest BCUT2D eigenvalue weighted by Crippen LogP contribution is -2.70. The first-order valence-corrected chi connectivity index (χ1v) is 18.0. The van der Waals surface area contributed by atoms with Gasteiger partial charge in [0.25, 0.3) is 5.69 Å². The first kappa shape index (κ1) is 38.3. The number of hydrogen-bond donors (Lipinski definition) is 1. The molecule has 5 saturated heterocycles. The number of alkyl halides is 3. The number of piperidine rings is 1. The summed E-state index contributed by atoms with van der Waals surface area (Å²) in [6, 6.07) is 2.34. The Morgan fingerprint density at radius 2 is 1.77 bits per heavy atom. The molecule has 1 spiro atoms. The van der Waals surface area contributed by atoms with Crippen LogP contribution in [0.1, 0.15) is 84.1 Å². The number of anilines is 1. The second kappa shape index (κ2) is 15.2. The van der Waals surface area contributed by atoms with Crippen LogP contribution in [0, 0.1) is 39.7 Å². The molecule has 14 nitrogen and oxygen atoms in total. The van der Waals surface area contributed by atoms with Gasteiger partial charge >= 0.3 is 18.1 Å². The van der Waals surface area contributed by atoms with Crippen molar-refractivity contribution in [3.05, 3.63) is 33.9 Å². The lowest BCUT2D eigenvalue weighted by Gasteiger charge is -2.59. The molecule has 1 aliphatic carbocycles. The summed E-state index contributed by atoms with van der Waals surface area (Å²) in [6.07, 6.45) is -1.40. The van der Waals surface area contributed by atoms with Crippen LogP contribution in [-0.2, 0) is 49.3 Å². The molecule has 1 amide bonds. The van der Waals surface area contributed by atoms with E-state index in [2.05, 4.69) is 12.2 Å². The maximum absolute atomic E-state index is 13.3. The van der Waals surface area contributed by atoms with Gasteiger partial charge in [-0.15, -0.1) is 0 Å². The van der Waals surface area contributed by atoms with Crippen molar-refractivity contribution >= 4 is 29.2 Å². The van der Waals surface area contributed by atoms with Crippen LogP contribution < -0.4 is 5.32 Å². The highest BCUT2D eigenvalue weighted by atomic mass is 19.4. The number of carbonyl (C=O) groups excluding carboxylic acids is 3. The highest BCUT2D eigenvalue weighted by Gasteiger charge is 2.69. The van der Waals surface area contributed by atoms with Gasteiger partial charge in [0.1, 0.15) is 5.56 Å². The van der Waals surface area contributed by atoms with Gasteiger partial charge < -0.3 is 24.3 Å². The van der Waals surface area contributed by atoms with Crippen molar-refractivity contribution in [1.29, 1.82) is 0 Å². The molecule has 2 bridgehead atoms. The van der Waals surface area contributed by atoms with Gasteiger partial charge in [0.2, 0.25) is 18.0 Å². The topological polar surface area (TPSA) is 165 Å².